The lowest BCUT2D eigenvalue weighted by atomic mass is 10.1. The second-order valence-corrected chi connectivity index (χ2v) is 4.46. The van der Waals surface area contributed by atoms with Crippen LogP contribution in [0.1, 0.15) is 16.2 Å². The summed E-state index contributed by atoms with van der Waals surface area (Å²) in [6.07, 6.45) is 1.71. The van der Waals surface area contributed by atoms with Crippen LogP contribution in [0.4, 0.5) is 5.69 Å². The molecule has 0 saturated carbocycles. The molecule has 0 saturated heterocycles. The molecule has 2 heterocycles. The summed E-state index contributed by atoms with van der Waals surface area (Å²) in [5, 5.41) is 10.9. The maximum Gasteiger partial charge on any atom is 0.256 e. The van der Waals surface area contributed by atoms with E-state index in [-0.39, 0.29) is 5.91 Å². The SMILES string of the molecule is CNc1ccccc1C(=O)N1CCn2cnnc2C1. The van der Waals surface area contributed by atoms with Crippen molar-refractivity contribution in [3.63, 3.8) is 0 Å². The summed E-state index contributed by atoms with van der Waals surface area (Å²) in [6, 6.07) is 7.53. The number of nitrogens with one attached hydrogen (secondary N) is 1. The zero-order valence-electron chi connectivity index (χ0n) is 10.7. The zero-order valence-corrected chi connectivity index (χ0v) is 10.7. The van der Waals surface area contributed by atoms with Crippen molar-refractivity contribution in [3.8, 4) is 0 Å². The monoisotopic (exact) mass is 257 g/mol. The first-order valence-corrected chi connectivity index (χ1v) is 6.22. The fourth-order valence-electron chi connectivity index (χ4n) is 2.30. The number of benzene rings is 1. The van der Waals surface area contributed by atoms with Crippen molar-refractivity contribution in [2.45, 2.75) is 13.1 Å². The average Bonchev–Trinajstić information content (AvgIpc) is 2.93. The van der Waals surface area contributed by atoms with Crippen LogP contribution in [-0.2, 0) is 13.1 Å². The van der Waals surface area contributed by atoms with Crippen LogP contribution < -0.4 is 5.32 Å². The first-order chi connectivity index (χ1) is 9.29. The standard InChI is InChI=1S/C13H15N5O/c1-14-11-5-3-2-4-10(11)13(19)17-6-7-18-9-15-16-12(18)8-17/h2-5,9,14H,6-8H2,1H3. The van der Waals surface area contributed by atoms with Crippen LogP contribution in [0.15, 0.2) is 30.6 Å². The Morgan fingerprint density at radius 1 is 1.32 bits per heavy atom. The number of hydrogen-bond acceptors (Lipinski definition) is 4. The molecule has 1 aliphatic rings. The Labute approximate surface area is 111 Å². The molecule has 98 valence electrons. The number of anilines is 1. The topological polar surface area (TPSA) is 63.1 Å². The maximum absolute atomic E-state index is 12.5. The van der Waals surface area contributed by atoms with Crippen LogP contribution in [0.3, 0.4) is 0 Å². The molecule has 0 atom stereocenters. The van der Waals surface area contributed by atoms with Crippen LogP contribution >= 0.6 is 0 Å². The molecule has 0 fully saturated rings. The molecule has 0 spiro atoms. The molecule has 1 N–H and O–H groups in total. The predicted molar refractivity (Wildman–Crippen MR) is 70.8 cm³/mol. The van der Waals surface area contributed by atoms with Gasteiger partial charge in [0.2, 0.25) is 0 Å². The maximum atomic E-state index is 12.5. The van der Waals surface area contributed by atoms with Gasteiger partial charge >= 0.3 is 0 Å². The van der Waals surface area contributed by atoms with Gasteiger partial charge < -0.3 is 14.8 Å². The molecule has 0 aliphatic carbocycles. The average molecular weight is 257 g/mol. The van der Waals surface area contributed by atoms with Gasteiger partial charge in [-0.05, 0) is 12.1 Å². The second-order valence-electron chi connectivity index (χ2n) is 4.46. The zero-order chi connectivity index (χ0) is 13.2. The van der Waals surface area contributed by atoms with Gasteiger partial charge in [0.25, 0.3) is 5.91 Å². The Kier molecular flexibility index (Phi) is 2.91. The Hall–Kier alpha value is -2.37. The minimum atomic E-state index is 0.0270. The highest BCUT2D eigenvalue weighted by molar-refractivity contribution is 5.99. The number of carbonyl (C=O) groups is 1. The third-order valence-electron chi connectivity index (χ3n) is 3.35. The number of rotatable bonds is 2. The number of nitrogens with zero attached hydrogens (tertiary/aromatic N) is 4. The minimum Gasteiger partial charge on any atom is -0.387 e. The van der Waals surface area contributed by atoms with E-state index >= 15 is 0 Å². The third-order valence-corrected chi connectivity index (χ3v) is 3.35. The van der Waals surface area contributed by atoms with Gasteiger partial charge in [-0.25, -0.2) is 0 Å². The van der Waals surface area contributed by atoms with Gasteiger partial charge in [-0.2, -0.15) is 0 Å². The fourth-order valence-corrected chi connectivity index (χ4v) is 2.30. The quantitative estimate of drug-likeness (QED) is 0.871. The highest BCUT2D eigenvalue weighted by atomic mass is 16.2. The van der Waals surface area contributed by atoms with Gasteiger partial charge in [0, 0.05) is 25.8 Å². The molecule has 1 aromatic carbocycles. The summed E-state index contributed by atoms with van der Waals surface area (Å²) in [7, 11) is 1.82. The van der Waals surface area contributed by atoms with E-state index in [9.17, 15) is 4.79 Å². The van der Waals surface area contributed by atoms with Crippen molar-refractivity contribution in [3.05, 3.63) is 42.0 Å². The van der Waals surface area contributed by atoms with E-state index in [4.69, 9.17) is 0 Å². The van der Waals surface area contributed by atoms with Gasteiger partial charge in [0.1, 0.15) is 6.33 Å². The molecular weight excluding hydrogens is 242 g/mol. The predicted octanol–water partition coefficient (Wildman–Crippen LogP) is 0.976. The molecule has 1 amide bonds. The molecule has 0 unspecified atom stereocenters. The van der Waals surface area contributed by atoms with Gasteiger partial charge in [-0.15, -0.1) is 10.2 Å². The van der Waals surface area contributed by atoms with E-state index in [0.717, 1.165) is 18.1 Å². The highest BCUT2D eigenvalue weighted by Crippen LogP contribution is 2.19. The largest absolute Gasteiger partial charge is 0.387 e. The molecule has 1 aliphatic heterocycles. The third kappa shape index (κ3) is 2.05. The molecule has 3 rings (SSSR count). The van der Waals surface area contributed by atoms with Gasteiger partial charge in [-0.1, -0.05) is 12.1 Å². The molecule has 19 heavy (non-hydrogen) atoms. The van der Waals surface area contributed by atoms with Crippen molar-refractivity contribution in [2.24, 2.45) is 0 Å². The normalized spacial score (nSPS) is 14.1. The first kappa shape index (κ1) is 11.7. The van der Waals surface area contributed by atoms with Crippen LogP contribution in [0.2, 0.25) is 0 Å². The van der Waals surface area contributed by atoms with Crippen LogP contribution in [0.5, 0.6) is 0 Å². The summed E-state index contributed by atoms with van der Waals surface area (Å²) in [5.74, 6) is 0.862. The Morgan fingerprint density at radius 2 is 2.16 bits per heavy atom. The number of para-hydroxylation sites is 1. The van der Waals surface area contributed by atoms with Crippen LogP contribution in [0.25, 0.3) is 0 Å². The summed E-state index contributed by atoms with van der Waals surface area (Å²) in [6.45, 7) is 1.94. The Bertz CT molecular complexity index is 607. The molecule has 6 heteroatoms. The number of amides is 1. The van der Waals surface area contributed by atoms with E-state index in [0.29, 0.717) is 18.7 Å². The smallest absolute Gasteiger partial charge is 0.256 e. The molecule has 2 aromatic rings. The van der Waals surface area contributed by atoms with Crippen molar-refractivity contribution in [2.75, 3.05) is 18.9 Å². The number of carbonyl (C=O) groups excluding carboxylic acids is 1. The Balaban J connectivity index is 1.85. The van der Waals surface area contributed by atoms with E-state index in [2.05, 4.69) is 15.5 Å². The lowest BCUT2D eigenvalue weighted by Crippen LogP contribution is -2.38. The highest BCUT2D eigenvalue weighted by Gasteiger charge is 2.24. The number of fused-ring (bicyclic) bond motifs is 1. The minimum absolute atomic E-state index is 0.0270. The first-order valence-electron chi connectivity index (χ1n) is 6.22. The van der Waals surface area contributed by atoms with E-state index in [1.807, 2.05) is 35.9 Å². The molecule has 0 radical (unpaired) electrons. The molecule has 0 bridgehead atoms. The second kappa shape index (κ2) is 4.72. The van der Waals surface area contributed by atoms with Crippen LogP contribution in [0, 0.1) is 0 Å². The molecule has 6 nitrogen and oxygen atoms in total. The van der Waals surface area contributed by atoms with Crippen molar-refractivity contribution < 1.29 is 4.79 Å². The summed E-state index contributed by atoms with van der Waals surface area (Å²) in [4.78, 5) is 14.3. The number of hydrogen-bond donors (Lipinski definition) is 1. The summed E-state index contributed by atoms with van der Waals surface area (Å²) in [5.41, 5.74) is 1.54. The van der Waals surface area contributed by atoms with Crippen molar-refractivity contribution in [1.82, 2.24) is 19.7 Å². The lowest BCUT2D eigenvalue weighted by molar-refractivity contribution is 0.0708. The van der Waals surface area contributed by atoms with Crippen molar-refractivity contribution >= 4 is 11.6 Å². The molecule has 1 aromatic heterocycles. The fraction of sp³-hybridized carbons (Fsp3) is 0.308. The lowest BCUT2D eigenvalue weighted by Gasteiger charge is -2.27. The summed E-state index contributed by atoms with van der Waals surface area (Å²) >= 11 is 0. The number of aromatic nitrogens is 3. The Morgan fingerprint density at radius 3 is 3.00 bits per heavy atom. The van der Waals surface area contributed by atoms with E-state index < -0.39 is 0 Å². The van der Waals surface area contributed by atoms with Gasteiger partial charge in [0.15, 0.2) is 5.82 Å². The van der Waals surface area contributed by atoms with Gasteiger partial charge in [-0.3, -0.25) is 4.79 Å². The van der Waals surface area contributed by atoms with E-state index in [1.165, 1.54) is 0 Å². The molecular formula is C13H15N5O. The van der Waals surface area contributed by atoms with Crippen molar-refractivity contribution in [1.29, 1.82) is 0 Å². The van der Waals surface area contributed by atoms with Gasteiger partial charge in [0.05, 0.1) is 12.1 Å². The summed E-state index contributed by atoms with van der Waals surface area (Å²) < 4.78 is 1.98. The van der Waals surface area contributed by atoms with Crippen LogP contribution in [-0.4, -0.2) is 39.2 Å². The van der Waals surface area contributed by atoms with E-state index in [1.54, 1.807) is 11.2 Å².